The van der Waals surface area contributed by atoms with E-state index in [1.165, 1.54) is 4.90 Å². The van der Waals surface area contributed by atoms with Crippen molar-refractivity contribution in [3.05, 3.63) is 27.2 Å². The SMILES string of the molecule is Cc1cc(Br)c(Cl)cc1NC(=O)COC(=O)CCN1C(=O)[C@H]2[C@H]3CC[C@@H](C3)[C@@H]2C1=O. The summed E-state index contributed by atoms with van der Waals surface area (Å²) in [6.45, 7) is 1.36. The third-order valence-electron chi connectivity index (χ3n) is 6.46. The van der Waals surface area contributed by atoms with Gasteiger partial charge in [0, 0.05) is 16.7 Å². The molecule has 0 aromatic heterocycles. The number of imide groups is 1. The monoisotopic (exact) mass is 496 g/mol. The minimum Gasteiger partial charge on any atom is -0.456 e. The van der Waals surface area contributed by atoms with Gasteiger partial charge in [-0.05, 0) is 71.6 Å². The molecule has 30 heavy (non-hydrogen) atoms. The number of benzene rings is 1. The summed E-state index contributed by atoms with van der Waals surface area (Å²) in [5, 5.41) is 3.10. The van der Waals surface area contributed by atoms with Crippen LogP contribution in [0.1, 0.15) is 31.2 Å². The van der Waals surface area contributed by atoms with Crippen LogP contribution in [0.3, 0.4) is 0 Å². The number of halogens is 2. The van der Waals surface area contributed by atoms with Gasteiger partial charge >= 0.3 is 5.97 Å². The van der Waals surface area contributed by atoms with Crippen LogP contribution in [0.2, 0.25) is 5.02 Å². The zero-order valence-corrected chi connectivity index (χ0v) is 18.8. The van der Waals surface area contributed by atoms with E-state index in [2.05, 4.69) is 21.2 Å². The lowest BCUT2D eigenvalue weighted by Crippen LogP contribution is -2.35. The standard InChI is InChI=1S/C21H22BrClN2O5/c1-10-6-13(22)14(23)8-15(10)24-16(26)9-30-17(27)4-5-25-20(28)18-11-2-3-12(7-11)19(18)21(25)29/h6,8,11-12,18-19H,2-5,7,9H2,1H3,(H,24,26)/t11-,12-,18-,19-/m0/s1. The summed E-state index contributed by atoms with van der Waals surface area (Å²) in [5.41, 5.74) is 1.33. The number of carbonyl (C=O) groups excluding carboxylic acids is 4. The Morgan fingerprint density at radius 1 is 1.20 bits per heavy atom. The third-order valence-corrected chi connectivity index (χ3v) is 7.66. The lowest BCUT2D eigenvalue weighted by Gasteiger charge is -2.19. The molecule has 2 saturated carbocycles. The van der Waals surface area contributed by atoms with Crippen LogP contribution in [-0.2, 0) is 23.9 Å². The van der Waals surface area contributed by atoms with E-state index in [9.17, 15) is 19.2 Å². The summed E-state index contributed by atoms with van der Waals surface area (Å²) in [6, 6.07) is 3.38. The first-order valence-corrected chi connectivity index (χ1v) is 11.2. The topological polar surface area (TPSA) is 92.8 Å². The Balaban J connectivity index is 1.25. The Bertz CT molecular complexity index is 908. The van der Waals surface area contributed by atoms with E-state index in [1.54, 1.807) is 12.1 Å². The molecule has 1 aromatic rings. The van der Waals surface area contributed by atoms with Gasteiger partial charge in [0.2, 0.25) is 11.8 Å². The van der Waals surface area contributed by atoms with Crippen LogP contribution in [0.15, 0.2) is 16.6 Å². The van der Waals surface area contributed by atoms with Gasteiger partial charge in [-0.3, -0.25) is 24.1 Å². The number of anilines is 1. The molecule has 0 unspecified atom stereocenters. The van der Waals surface area contributed by atoms with Crippen molar-refractivity contribution < 1.29 is 23.9 Å². The van der Waals surface area contributed by atoms with Crippen LogP contribution in [0.4, 0.5) is 5.69 Å². The highest BCUT2D eigenvalue weighted by Crippen LogP contribution is 2.56. The molecular weight excluding hydrogens is 476 g/mol. The molecule has 7 nitrogen and oxygen atoms in total. The Labute approximate surface area is 187 Å². The zero-order chi connectivity index (χ0) is 21.6. The number of aryl methyl sites for hydroxylation is 1. The fourth-order valence-corrected chi connectivity index (χ4v) is 5.70. The van der Waals surface area contributed by atoms with Gasteiger partial charge in [0.05, 0.1) is 23.3 Å². The van der Waals surface area contributed by atoms with Crippen molar-refractivity contribution in [2.45, 2.75) is 32.6 Å². The molecule has 4 atom stereocenters. The van der Waals surface area contributed by atoms with E-state index in [1.807, 2.05) is 6.92 Å². The predicted molar refractivity (Wildman–Crippen MR) is 113 cm³/mol. The maximum absolute atomic E-state index is 12.6. The summed E-state index contributed by atoms with van der Waals surface area (Å²) in [4.78, 5) is 50.6. The summed E-state index contributed by atoms with van der Waals surface area (Å²) in [5.74, 6) is -1.19. The first-order chi connectivity index (χ1) is 14.3. The molecule has 1 aromatic carbocycles. The molecule has 0 spiro atoms. The van der Waals surface area contributed by atoms with Crippen molar-refractivity contribution in [1.82, 2.24) is 4.90 Å². The maximum Gasteiger partial charge on any atom is 0.308 e. The summed E-state index contributed by atoms with van der Waals surface area (Å²) >= 11 is 9.35. The molecule has 9 heteroatoms. The van der Waals surface area contributed by atoms with E-state index in [-0.39, 0.29) is 36.6 Å². The van der Waals surface area contributed by atoms with Crippen molar-refractivity contribution in [3.63, 3.8) is 0 Å². The van der Waals surface area contributed by atoms with Gasteiger partial charge in [0.1, 0.15) is 0 Å². The number of nitrogens with one attached hydrogen (secondary N) is 1. The zero-order valence-electron chi connectivity index (χ0n) is 16.5. The molecule has 2 bridgehead atoms. The maximum atomic E-state index is 12.6. The van der Waals surface area contributed by atoms with E-state index in [4.69, 9.17) is 16.3 Å². The third kappa shape index (κ3) is 3.87. The molecule has 3 amide bonds. The van der Waals surface area contributed by atoms with Crippen molar-refractivity contribution in [1.29, 1.82) is 0 Å². The molecule has 1 saturated heterocycles. The molecule has 160 valence electrons. The second-order valence-electron chi connectivity index (χ2n) is 8.25. The van der Waals surface area contributed by atoms with Crippen molar-refractivity contribution >= 4 is 56.9 Å². The fraction of sp³-hybridized carbons (Fsp3) is 0.524. The quantitative estimate of drug-likeness (QED) is 0.481. The Morgan fingerprint density at radius 3 is 2.47 bits per heavy atom. The second-order valence-corrected chi connectivity index (χ2v) is 9.51. The number of likely N-dealkylation sites (tertiary alicyclic amines) is 1. The van der Waals surface area contributed by atoms with Crippen LogP contribution in [0, 0.1) is 30.6 Å². The molecule has 2 aliphatic carbocycles. The smallest absolute Gasteiger partial charge is 0.308 e. The average molecular weight is 498 g/mol. The van der Waals surface area contributed by atoms with Crippen LogP contribution < -0.4 is 5.32 Å². The number of esters is 1. The number of nitrogens with zero attached hydrogens (tertiary/aromatic N) is 1. The number of hydrogen-bond donors (Lipinski definition) is 1. The summed E-state index contributed by atoms with van der Waals surface area (Å²) < 4.78 is 5.72. The number of amides is 3. The van der Waals surface area contributed by atoms with Gasteiger partial charge in [-0.2, -0.15) is 0 Å². The highest BCUT2D eigenvalue weighted by Gasteiger charge is 2.60. The summed E-state index contributed by atoms with van der Waals surface area (Å²) in [6.07, 6.45) is 2.88. The fourth-order valence-electron chi connectivity index (χ4n) is 5.08. The van der Waals surface area contributed by atoms with Crippen molar-refractivity contribution in [3.8, 4) is 0 Å². The van der Waals surface area contributed by atoms with Gasteiger partial charge in [0.25, 0.3) is 5.91 Å². The van der Waals surface area contributed by atoms with Gasteiger partial charge in [-0.15, -0.1) is 0 Å². The van der Waals surface area contributed by atoms with Gasteiger partial charge < -0.3 is 10.1 Å². The average Bonchev–Trinajstić information content (AvgIpc) is 3.37. The first kappa shape index (κ1) is 21.3. The predicted octanol–water partition coefficient (Wildman–Crippen LogP) is 3.31. The lowest BCUT2D eigenvalue weighted by molar-refractivity contribution is -0.149. The normalized spacial score (nSPS) is 26.8. The Hall–Kier alpha value is -1.93. The van der Waals surface area contributed by atoms with Crippen LogP contribution in [0.25, 0.3) is 0 Å². The molecule has 3 aliphatic rings. The molecule has 1 aliphatic heterocycles. The van der Waals surface area contributed by atoms with Crippen LogP contribution in [-0.4, -0.2) is 41.7 Å². The highest BCUT2D eigenvalue weighted by molar-refractivity contribution is 9.10. The summed E-state index contributed by atoms with van der Waals surface area (Å²) in [7, 11) is 0. The van der Waals surface area contributed by atoms with E-state index >= 15 is 0 Å². The van der Waals surface area contributed by atoms with Crippen LogP contribution >= 0.6 is 27.5 Å². The molecule has 1 N–H and O–H groups in total. The lowest BCUT2D eigenvalue weighted by atomic mass is 9.81. The van der Waals surface area contributed by atoms with E-state index < -0.39 is 18.5 Å². The van der Waals surface area contributed by atoms with Gasteiger partial charge in [-0.1, -0.05) is 11.6 Å². The minimum atomic E-state index is -0.628. The largest absolute Gasteiger partial charge is 0.456 e. The minimum absolute atomic E-state index is 0.00594. The Kier molecular flexibility index (Phi) is 5.90. The molecule has 3 fully saturated rings. The molecular formula is C21H22BrClN2O5. The molecule has 4 rings (SSSR count). The number of fused-ring (bicyclic) bond motifs is 5. The number of ether oxygens (including phenoxy) is 1. The van der Waals surface area contributed by atoms with Crippen molar-refractivity contribution in [2.75, 3.05) is 18.5 Å². The first-order valence-electron chi connectivity index (χ1n) is 10.0. The van der Waals surface area contributed by atoms with Crippen molar-refractivity contribution in [2.24, 2.45) is 23.7 Å². The van der Waals surface area contributed by atoms with Gasteiger partial charge in [-0.25, -0.2) is 0 Å². The van der Waals surface area contributed by atoms with Crippen LogP contribution in [0.5, 0.6) is 0 Å². The number of hydrogen-bond acceptors (Lipinski definition) is 5. The highest BCUT2D eigenvalue weighted by atomic mass is 79.9. The molecule has 1 heterocycles. The van der Waals surface area contributed by atoms with E-state index in [0.29, 0.717) is 27.0 Å². The number of rotatable bonds is 6. The number of carbonyl (C=O) groups is 4. The Morgan fingerprint density at radius 2 is 1.83 bits per heavy atom. The van der Waals surface area contributed by atoms with Gasteiger partial charge in [0.15, 0.2) is 6.61 Å². The second kappa shape index (κ2) is 8.30. The van der Waals surface area contributed by atoms with E-state index in [0.717, 1.165) is 24.8 Å². The molecule has 0 radical (unpaired) electrons.